The first-order chi connectivity index (χ1) is 10.3. The monoisotopic (exact) mass is 277 g/mol. The van der Waals surface area contributed by atoms with Crippen LogP contribution in [-0.2, 0) is 6.54 Å². The van der Waals surface area contributed by atoms with Crippen molar-refractivity contribution < 1.29 is 4.79 Å². The van der Waals surface area contributed by atoms with Gasteiger partial charge in [0.15, 0.2) is 0 Å². The second kappa shape index (κ2) is 6.05. The second-order valence-electron chi connectivity index (χ2n) is 4.67. The maximum atomic E-state index is 12.1. The van der Waals surface area contributed by atoms with Crippen molar-refractivity contribution in [3.05, 3.63) is 84.2 Å². The predicted molar refractivity (Wildman–Crippen MR) is 81.2 cm³/mol. The number of carbonyl (C=O) groups excluding carboxylic acids is 1. The molecule has 104 valence electrons. The Morgan fingerprint density at radius 2 is 1.76 bits per heavy atom. The third-order valence-electron chi connectivity index (χ3n) is 3.19. The molecule has 0 unspecified atom stereocenters. The van der Waals surface area contributed by atoms with Gasteiger partial charge in [-0.05, 0) is 35.9 Å². The summed E-state index contributed by atoms with van der Waals surface area (Å²) in [5.74, 6) is -0.0779. The maximum absolute atomic E-state index is 12.1. The standard InChI is InChI=1S/C17H15N3O/c21-17(18-13-14-5-2-1-3-6-14)15-7-9-16(10-8-15)20-12-4-11-19-20/h1-12H,13H2,(H,18,21). The minimum Gasteiger partial charge on any atom is -0.348 e. The molecule has 3 rings (SSSR count). The molecule has 0 aliphatic carbocycles. The van der Waals surface area contributed by atoms with Crippen molar-refractivity contribution in [3.8, 4) is 5.69 Å². The number of hydrogen-bond donors (Lipinski definition) is 1. The Bertz CT molecular complexity index is 704. The molecule has 0 aliphatic heterocycles. The molecule has 1 aromatic heterocycles. The Labute approximate surface area is 123 Å². The van der Waals surface area contributed by atoms with Crippen LogP contribution in [0.3, 0.4) is 0 Å². The normalized spacial score (nSPS) is 10.3. The summed E-state index contributed by atoms with van der Waals surface area (Å²) < 4.78 is 1.76. The molecule has 3 aromatic rings. The van der Waals surface area contributed by atoms with Crippen molar-refractivity contribution in [1.29, 1.82) is 0 Å². The minimum atomic E-state index is -0.0779. The van der Waals surface area contributed by atoms with Crippen LogP contribution in [0, 0.1) is 0 Å². The summed E-state index contributed by atoms with van der Waals surface area (Å²) in [4.78, 5) is 12.1. The summed E-state index contributed by atoms with van der Waals surface area (Å²) >= 11 is 0. The smallest absolute Gasteiger partial charge is 0.251 e. The first kappa shape index (κ1) is 13.1. The Kier molecular flexibility index (Phi) is 3.78. The zero-order valence-corrected chi connectivity index (χ0v) is 11.4. The van der Waals surface area contributed by atoms with Gasteiger partial charge in [0, 0.05) is 24.5 Å². The van der Waals surface area contributed by atoms with Crippen LogP contribution in [0.2, 0.25) is 0 Å². The van der Waals surface area contributed by atoms with E-state index in [0.717, 1.165) is 11.3 Å². The van der Waals surface area contributed by atoms with E-state index in [1.807, 2.05) is 54.7 Å². The SMILES string of the molecule is O=C(NCc1ccccc1)c1ccc(-n2cccn2)cc1. The first-order valence-electron chi connectivity index (χ1n) is 6.75. The van der Waals surface area contributed by atoms with Crippen molar-refractivity contribution in [2.75, 3.05) is 0 Å². The highest BCUT2D eigenvalue weighted by atomic mass is 16.1. The molecule has 0 bridgehead atoms. The van der Waals surface area contributed by atoms with Crippen molar-refractivity contribution >= 4 is 5.91 Å². The zero-order chi connectivity index (χ0) is 14.5. The fourth-order valence-corrected chi connectivity index (χ4v) is 2.07. The number of amides is 1. The van der Waals surface area contributed by atoms with Crippen molar-refractivity contribution in [1.82, 2.24) is 15.1 Å². The Morgan fingerprint density at radius 3 is 2.43 bits per heavy atom. The molecule has 1 amide bonds. The lowest BCUT2D eigenvalue weighted by Gasteiger charge is -2.06. The quantitative estimate of drug-likeness (QED) is 0.797. The highest BCUT2D eigenvalue weighted by Crippen LogP contribution is 2.09. The van der Waals surface area contributed by atoms with Crippen LogP contribution >= 0.6 is 0 Å². The highest BCUT2D eigenvalue weighted by molar-refractivity contribution is 5.94. The van der Waals surface area contributed by atoms with Crippen LogP contribution < -0.4 is 5.32 Å². The number of carbonyl (C=O) groups is 1. The van der Waals surface area contributed by atoms with Crippen LogP contribution in [0.25, 0.3) is 5.69 Å². The summed E-state index contributed by atoms with van der Waals surface area (Å²) in [6.45, 7) is 0.528. The van der Waals surface area contributed by atoms with Gasteiger partial charge in [0.2, 0.25) is 0 Å². The van der Waals surface area contributed by atoms with Crippen molar-refractivity contribution in [2.45, 2.75) is 6.54 Å². The van der Waals surface area contributed by atoms with Gasteiger partial charge in [-0.3, -0.25) is 4.79 Å². The Balaban J connectivity index is 1.65. The summed E-state index contributed by atoms with van der Waals surface area (Å²) in [7, 11) is 0. The van der Waals surface area contributed by atoms with Crippen LogP contribution in [0.1, 0.15) is 15.9 Å². The van der Waals surface area contributed by atoms with Gasteiger partial charge in [0.05, 0.1) is 5.69 Å². The van der Waals surface area contributed by atoms with Crippen molar-refractivity contribution in [2.24, 2.45) is 0 Å². The van der Waals surface area contributed by atoms with E-state index in [9.17, 15) is 4.79 Å². The molecule has 0 fully saturated rings. The van der Waals surface area contributed by atoms with Crippen LogP contribution in [-0.4, -0.2) is 15.7 Å². The first-order valence-corrected chi connectivity index (χ1v) is 6.75. The maximum Gasteiger partial charge on any atom is 0.251 e. The van der Waals surface area contributed by atoms with Gasteiger partial charge >= 0.3 is 0 Å². The van der Waals surface area contributed by atoms with Gasteiger partial charge in [0.1, 0.15) is 0 Å². The molecular weight excluding hydrogens is 262 g/mol. The average molecular weight is 277 g/mol. The Hall–Kier alpha value is -2.88. The van der Waals surface area contributed by atoms with Gasteiger partial charge in [-0.2, -0.15) is 5.10 Å². The number of benzene rings is 2. The molecule has 0 saturated carbocycles. The van der Waals surface area contributed by atoms with E-state index < -0.39 is 0 Å². The molecule has 1 N–H and O–H groups in total. The number of rotatable bonds is 4. The average Bonchev–Trinajstić information content (AvgIpc) is 3.08. The molecule has 0 saturated heterocycles. The minimum absolute atomic E-state index is 0.0779. The fourth-order valence-electron chi connectivity index (χ4n) is 2.07. The number of nitrogens with zero attached hydrogens (tertiary/aromatic N) is 2. The van der Waals surface area contributed by atoms with E-state index in [2.05, 4.69) is 10.4 Å². The number of hydrogen-bond acceptors (Lipinski definition) is 2. The predicted octanol–water partition coefficient (Wildman–Crippen LogP) is 2.80. The number of aromatic nitrogens is 2. The molecule has 2 aromatic carbocycles. The molecule has 4 nitrogen and oxygen atoms in total. The molecule has 4 heteroatoms. The molecule has 0 spiro atoms. The molecule has 1 heterocycles. The lowest BCUT2D eigenvalue weighted by atomic mass is 10.2. The number of nitrogens with one attached hydrogen (secondary N) is 1. The Morgan fingerprint density at radius 1 is 1.00 bits per heavy atom. The lowest BCUT2D eigenvalue weighted by Crippen LogP contribution is -2.22. The summed E-state index contributed by atoms with van der Waals surface area (Å²) in [6, 6.07) is 19.1. The topological polar surface area (TPSA) is 46.9 Å². The van der Waals surface area contributed by atoms with Gasteiger partial charge < -0.3 is 5.32 Å². The molecule has 0 atom stereocenters. The molecule has 21 heavy (non-hydrogen) atoms. The van der Waals surface area contributed by atoms with Crippen molar-refractivity contribution in [3.63, 3.8) is 0 Å². The fraction of sp³-hybridized carbons (Fsp3) is 0.0588. The molecule has 0 aliphatic rings. The van der Waals surface area contributed by atoms with Crippen LogP contribution in [0.4, 0.5) is 0 Å². The third-order valence-corrected chi connectivity index (χ3v) is 3.19. The third kappa shape index (κ3) is 3.17. The van der Waals surface area contributed by atoms with E-state index in [0.29, 0.717) is 12.1 Å². The van der Waals surface area contributed by atoms with Gasteiger partial charge in [-0.25, -0.2) is 4.68 Å². The summed E-state index contributed by atoms with van der Waals surface area (Å²) in [5.41, 5.74) is 2.65. The van der Waals surface area contributed by atoms with Gasteiger partial charge in [-0.1, -0.05) is 30.3 Å². The highest BCUT2D eigenvalue weighted by Gasteiger charge is 2.05. The van der Waals surface area contributed by atoms with E-state index in [4.69, 9.17) is 0 Å². The van der Waals surface area contributed by atoms with E-state index in [1.165, 1.54) is 0 Å². The summed E-state index contributed by atoms with van der Waals surface area (Å²) in [6.07, 6.45) is 3.59. The van der Waals surface area contributed by atoms with Gasteiger partial charge in [-0.15, -0.1) is 0 Å². The van der Waals surface area contributed by atoms with E-state index in [-0.39, 0.29) is 5.91 Å². The second-order valence-corrected chi connectivity index (χ2v) is 4.67. The van der Waals surface area contributed by atoms with E-state index in [1.54, 1.807) is 23.0 Å². The lowest BCUT2D eigenvalue weighted by molar-refractivity contribution is 0.0951. The summed E-state index contributed by atoms with van der Waals surface area (Å²) in [5, 5.41) is 7.06. The van der Waals surface area contributed by atoms with E-state index >= 15 is 0 Å². The molecule has 0 radical (unpaired) electrons. The zero-order valence-electron chi connectivity index (χ0n) is 11.4. The largest absolute Gasteiger partial charge is 0.348 e. The van der Waals surface area contributed by atoms with Gasteiger partial charge in [0.25, 0.3) is 5.91 Å². The van der Waals surface area contributed by atoms with Crippen LogP contribution in [0.5, 0.6) is 0 Å². The molecular formula is C17H15N3O. The van der Waals surface area contributed by atoms with Crippen LogP contribution in [0.15, 0.2) is 73.1 Å².